The van der Waals surface area contributed by atoms with Crippen LogP contribution < -0.4 is 5.32 Å². The molecule has 1 aromatic carbocycles. The second-order valence-corrected chi connectivity index (χ2v) is 9.37. The summed E-state index contributed by atoms with van der Waals surface area (Å²) in [6.45, 7) is 7.50. The molecule has 2 aromatic rings. The lowest BCUT2D eigenvalue weighted by atomic mass is 10.2. The first-order chi connectivity index (χ1) is 12.7. The van der Waals surface area contributed by atoms with E-state index in [0.29, 0.717) is 10.7 Å². The molecule has 0 aliphatic heterocycles. The number of carbonyl (C=O) groups is 1. The highest BCUT2D eigenvalue weighted by Crippen LogP contribution is 2.19. The monoisotopic (exact) mass is 407 g/mol. The highest BCUT2D eigenvalue weighted by molar-refractivity contribution is 7.92. The molecule has 0 atom stereocenters. The van der Waals surface area contributed by atoms with Gasteiger partial charge in [-0.3, -0.25) is 4.79 Å². The minimum absolute atomic E-state index is 0.0123. The van der Waals surface area contributed by atoms with E-state index in [2.05, 4.69) is 10.3 Å². The summed E-state index contributed by atoms with van der Waals surface area (Å²) in [7, 11) is -3.63. The molecular formula is C19H25N3O3S2. The first-order valence-corrected chi connectivity index (χ1v) is 11.1. The minimum Gasteiger partial charge on any atom is -0.349 e. The quantitative estimate of drug-likeness (QED) is 0.726. The van der Waals surface area contributed by atoms with Crippen molar-refractivity contribution in [1.29, 1.82) is 0 Å². The molecule has 0 unspecified atom stereocenters. The molecule has 1 aromatic heterocycles. The summed E-state index contributed by atoms with van der Waals surface area (Å²) >= 11 is 1.28. The lowest BCUT2D eigenvalue weighted by Gasteiger charge is -2.23. The van der Waals surface area contributed by atoms with Gasteiger partial charge in [0.15, 0.2) is 0 Å². The van der Waals surface area contributed by atoms with Gasteiger partial charge in [0.2, 0.25) is 10.0 Å². The molecule has 0 saturated heterocycles. The average molecular weight is 408 g/mol. The van der Waals surface area contributed by atoms with Gasteiger partial charge in [-0.15, -0.1) is 11.3 Å². The highest BCUT2D eigenvalue weighted by Gasteiger charge is 2.24. The van der Waals surface area contributed by atoms with Gasteiger partial charge in [0, 0.05) is 22.9 Å². The number of carbonyl (C=O) groups excluding carboxylic acids is 1. The second kappa shape index (κ2) is 9.25. The van der Waals surface area contributed by atoms with Gasteiger partial charge in [-0.1, -0.05) is 30.3 Å². The van der Waals surface area contributed by atoms with Gasteiger partial charge < -0.3 is 5.32 Å². The normalized spacial score (nSPS) is 12.4. The van der Waals surface area contributed by atoms with Gasteiger partial charge >= 0.3 is 0 Å². The van der Waals surface area contributed by atoms with E-state index >= 15 is 0 Å². The van der Waals surface area contributed by atoms with Crippen molar-refractivity contribution in [3.8, 4) is 0 Å². The summed E-state index contributed by atoms with van der Waals surface area (Å²) in [4.78, 5) is 16.3. The number of sulfonamides is 1. The van der Waals surface area contributed by atoms with E-state index in [1.54, 1.807) is 11.5 Å². The predicted molar refractivity (Wildman–Crippen MR) is 110 cm³/mol. The number of benzene rings is 1. The third kappa shape index (κ3) is 6.27. The third-order valence-electron chi connectivity index (χ3n) is 3.63. The molecule has 1 heterocycles. The van der Waals surface area contributed by atoms with Gasteiger partial charge in [0.25, 0.3) is 5.91 Å². The first-order valence-electron chi connectivity index (χ1n) is 8.69. The molecule has 8 heteroatoms. The molecule has 2 rings (SSSR count). The van der Waals surface area contributed by atoms with Crippen molar-refractivity contribution in [1.82, 2.24) is 14.6 Å². The summed E-state index contributed by atoms with van der Waals surface area (Å²) in [5.41, 5.74) is 1.12. The number of rotatable bonds is 8. The topological polar surface area (TPSA) is 79.4 Å². The summed E-state index contributed by atoms with van der Waals surface area (Å²) in [6.07, 6.45) is 1.58. The standard InChI is InChI=1S/C19H25N3O3S2/c1-14(2)20-19(23)17-13-26-18(21-17)12-22(15(3)4)27(24,25)11-10-16-8-6-5-7-9-16/h5-11,13-15H,12H2,1-4H3,(H,20,23). The first kappa shape index (κ1) is 21.3. The van der Waals surface area contributed by atoms with Crippen LogP contribution in [0.3, 0.4) is 0 Å². The van der Waals surface area contributed by atoms with Crippen LogP contribution in [0.25, 0.3) is 6.08 Å². The van der Waals surface area contributed by atoms with Crippen LogP contribution in [0.2, 0.25) is 0 Å². The van der Waals surface area contributed by atoms with E-state index < -0.39 is 10.0 Å². The van der Waals surface area contributed by atoms with Crippen LogP contribution in [-0.2, 0) is 16.6 Å². The zero-order chi connectivity index (χ0) is 20.0. The molecule has 146 valence electrons. The Morgan fingerprint density at radius 1 is 1.22 bits per heavy atom. The van der Waals surface area contributed by atoms with Crippen molar-refractivity contribution >= 4 is 33.3 Å². The number of amides is 1. The van der Waals surface area contributed by atoms with Gasteiger partial charge in [-0.2, -0.15) is 4.31 Å². The van der Waals surface area contributed by atoms with Crippen LogP contribution in [-0.4, -0.2) is 35.7 Å². The molecule has 0 aliphatic rings. The fourth-order valence-corrected chi connectivity index (χ4v) is 4.56. The smallest absolute Gasteiger partial charge is 0.270 e. The number of aromatic nitrogens is 1. The number of hydrogen-bond acceptors (Lipinski definition) is 5. The van der Waals surface area contributed by atoms with E-state index in [-0.39, 0.29) is 24.5 Å². The molecule has 0 spiro atoms. The van der Waals surface area contributed by atoms with Crippen LogP contribution in [0, 0.1) is 0 Å². The van der Waals surface area contributed by atoms with Crippen molar-refractivity contribution in [3.63, 3.8) is 0 Å². The molecule has 1 N–H and O–H groups in total. The Morgan fingerprint density at radius 3 is 2.48 bits per heavy atom. The predicted octanol–water partition coefficient (Wildman–Crippen LogP) is 3.49. The molecule has 27 heavy (non-hydrogen) atoms. The molecule has 1 amide bonds. The van der Waals surface area contributed by atoms with Crippen LogP contribution in [0.4, 0.5) is 0 Å². The molecule has 0 saturated carbocycles. The molecular weight excluding hydrogens is 382 g/mol. The van der Waals surface area contributed by atoms with Crippen molar-refractivity contribution < 1.29 is 13.2 Å². The van der Waals surface area contributed by atoms with Gasteiger partial charge in [0.05, 0.1) is 6.54 Å². The lowest BCUT2D eigenvalue weighted by molar-refractivity contribution is 0.0938. The number of thiazole rings is 1. The van der Waals surface area contributed by atoms with E-state index in [0.717, 1.165) is 5.56 Å². The molecule has 0 aliphatic carbocycles. The van der Waals surface area contributed by atoms with Gasteiger partial charge in [0.1, 0.15) is 10.7 Å². The summed E-state index contributed by atoms with van der Waals surface area (Å²) in [6, 6.07) is 9.03. The molecule has 0 bridgehead atoms. The minimum atomic E-state index is -3.63. The zero-order valence-electron chi connectivity index (χ0n) is 15.9. The fourth-order valence-electron chi connectivity index (χ4n) is 2.33. The maximum Gasteiger partial charge on any atom is 0.270 e. The summed E-state index contributed by atoms with van der Waals surface area (Å²) < 4.78 is 26.9. The SMILES string of the molecule is CC(C)NC(=O)c1csc(CN(C(C)C)S(=O)(=O)C=Cc2ccccc2)n1. The van der Waals surface area contributed by atoms with E-state index in [1.165, 1.54) is 21.1 Å². The van der Waals surface area contributed by atoms with Crippen molar-refractivity contribution in [2.45, 2.75) is 46.3 Å². The van der Waals surface area contributed by atoms with Crippen LogP contribution in [0.15, 0.2) is 41.1 Å². The maximum absolute atomic E-state index is 12.8. The van der Waals surface area contributed by atoms with E-state index in [9.17, 15) is 13.2 Å². The van der Waals surface area contributed by atoms with Crippen LogP contribution >= 0.6 is 11.3 Å². The number of nitrogens with one attached hydrogen (secondary N) is 1. The van der Waals surface area contributed by atoms with Crippen molar-refractivity contribution in [2.24, 2.45) is 0 Å². The Kier molecular flexibility index (Phi) is 7.29. The third-order valence-corrected chi connectivity index (χ3v) is 6.15. The van der Waals surface area contributed by atoms with E-state index in [1.807, 2.05) is 58.0 Å². The second-order valence-electron chi connectivity index (χ2n) is 6.65. The van der Waals surface area contributed by atoms with Crippen molar-refractivity contribution in [2.75, 3.05) is 0 Å². The molecule has 0 fully saturated rings. The molecule has 6 nitrogen and oxygen atoms in total. The van der Waals surface area contributed by atoms with Crippen molar-refractivity contribution in [3.05, 3.63) is 57.4 Å². The Bertz CT molecular complexity index is 888. The zero-order valence-corrected chi connectivity index (χ0v) is 17.5. The Balaban J connectivity index is 2.17. The van der Waals surface area contributed by atoms with Crippen LogP contribution in [0.1, 0.15) is 48.8 Å². The lowest BCUT2D eigenvalue weighted by Crippen LogP contribution is -2.35. The van der Waals surface area contributed by atoms with Gasteiger partial charge in [-0.05, 0) is 39.3 Å². The van der Waals surface area contributed by atoms with Crippen LogP contribution in [0.5, 0.6) is 0 Å². The molecule has 0 radical (unpaired) electrons. The van der Waals surface area contributed by atoms with E-state index in [4.69, 9.17) is 0 Å². The maximum atomic E-state index is 12.8. The van der Waals surface area contributed by atoms with Gasteiger partial charge in [-0.25, -0.2) is 13.4 Å². The summed E-state index contributed by atoms with van der Waals surface area (Å²) in [5.74, 6) is -0.254. The Morgan fingerprint density at radius 2 is 1.89 bits per heavy atom. The largest absolute Gasteiger partial charge is 0.349 e. The number of nitrogens with zero attached hydrogens (tertiary/aromatic N) is 2. The Hall–Kier alpha value is -2.03. The average Bonchev–Trinajstić information content (AvgIpc) is 3.07. The fraction of sp³-hybridized carbons (Fsp3) is 0.368. The number of hydrogen-bond donors (Lipinski definition) is 1. The Labute approximate surface area is 165 Å². The highest BCUT2D eigenvalue weighted by atomic mass is 32.2. The summed E-state index contributed by atoms with van der Waals surface area (Å²) in [5, 5.41) is 6.22.